The molecule has 3 N–H and O–H groups in total. The van der Waals surface area contributed by atoms with Crippen molar-refractivity contribution in [3.8, 4) is 0 Å². The number of rotatable bonds is 4. The quantitative estimate of drug-likeness (QED) is 0.527. The molecule has 0 aliphatic heterocycles. The standard InChI is InChI=1S/C22H34N2O4.ClH/c1-21-7-5-13(24-28-10-9-23)11-18(21)15(20(26)27)12-14-16-3-4-19(25)22(16,2)8-6-17(14)21;/h14-18H,3-12,23H2,1-2H3,(H,26,27);1H/b24-13+;/t14-,15-,16-,17-,18+,21+,22-;/m0./s1. The Morgan fingerprint density at radius 3 is 2.66 bits per heavy atom. The molecule has 0 saturated heterocycles. The highest BCUT2D eigenvalue weighted by molar-refractivity contribution is 5.88. The number of aliphatic carboxylic acids is 1. The number of carbonyl (C=O) groups is 2. The lowest BCUT2D eigenvalue weighted by molar-refractivity contribution is -0.164. The topological polar surface area (TPSA) is 102 Å². The second kappa shape index (κ2) is 8.18. The molecule has 0 spiro atoms. The van der Waals surface area contributed by atoms with Crippen LogP contribution in [-0.4, -0.2) is 35.7 Å². The summed E-state index contributed by atoms with van der Waals surface area (Å²) in [5.74, 6) is 0.705. The number of hydrogen-bond acceptors (Lipinski definition) is 5. The van der Waals surface area contributed by atoms with Gasteiger partial charge in [-0.25, -0.2) is 0 Å². The Kier molecular flexibility index (Phi) is 6.36. The first kappa shape index (κ1) is 22.5. The van der Waals surface area contributed by atoms with Crippen molar-refractivity contribution < 1.29 is 19.5 Å². The van der Waals surface area contributed by atoms with Gasteiger partial charge in [-0.1, -0.05) is 19.0 Å². The van der Waals surface area contributed by atoms with E-state index in [-0.39, 0.29) is 35.1 Å². The molecule has 0 unspecified atom stereocenters. The Balaban J connectivity index is 0.00000240. The largest absolute Gasteiger partial charge is 0.481 e. The Labute approximate surface area is 179 Å². The van der Waals surface area contributed by atoms with Crippen LogP contribution >= 0.6 is 12.4 Å². The first-order chi connectivity index (χ1) is 13.3. The molecular weight excluding hydrogens is 392 g/mol. The van der Waals surface area contributed by atoms with Crippen molar-refractivity contribution in [2.45, 2.75) is 65.2 Å². The van der Waals surface area contributed by atoms with Crippen LogP contribution in [0.25, 0.3) is 0 Å². The van der Waals surface area contributed by atoms with Gasteiger partial charge in [0.1, 0.15) is 12.4 Å². The van der Waals surface area contributed by atoms with Crippen molar-refractivity contribution in [1.82, 2.24) is 0 Å². The molecular formula is C22H35ClN2O4. The summed E-state index contributed by atoms with van der Waals surface area (Å²) < 4.78 is 0. The zero-order valence-corrected chi connectivity index (χ0v) is 18.4. The molecule has 164 valence electrons. The van der Waals surface area contributed by atoms with E-state index in [1.54, 1.807) is 0 Å². The summed E-state index contributed by atoms with van der Waals surface area (Å²) in [5, 5.41) is 14.4. The average Bonchev–Trinajstić information content (AvgIpc) is 2.96. The smallest absolute Gasteiger partial charge is 0.306 e. The number of Topliss-reactive ketones (excluding diaryl/α,β-unsaturated/α-hetero) is 1. The fourth-order valence-electron chi connectivity index (χ4n) is 7.46. The molecule has 29 heavy (non-hydrogen) atoms. The van der Waals surface area contributed by atoms with Crippen molar-refractivity contribution in [3.63, 3.8) is 0 Å². The Morgan fingerprint density at radius 1 is 1.21 bits per heavy atom. The van der Waals surface area contributed by atoms with Gasteiger partial charge in [0.15, 0.2) is 0 Å². The number of ketones is 1. The third kappa shape index (κ3) is 3.50. The highest BCUT2D eigenvalue weighted by atomic mass is 35.5. The Hall–Kier alpha value is -1.14. The van der Waals surface area contributed by atoms with Gasteiger partial charge in [0.05, 0.1) is 11.6 Å². The van der Waals surface area contributed by atoms with Gasteiger partial charge in [-0.05, 0) is 74.0 Å². The van der Waals surface area contributed by atoms with Gasteiger partial charge in [0, 0.05) is 18.4 Å². The number of fused-ring (bicyclic) bond motifs is 5. The summed E-state index contributed by atoms with van der Waals surface area (Å²) in [6.07, 6.45) is 6.91. The van der Waals surface area contributed by atoms with E-state index in [0.717, 1.165) is 37.8 Å². The number of nitrogens with zero attached hydrogens (tertiary/aromatic N) is 1. The molecule has 4 saturated carbocycles. The predicted molar refractivity (Wildman–Crippen MR) is 113 cm³/mol. The Bertz CT molecular complexity index is 698. The maximum absolute atomic E-state index is 12.6. The minimum atomic E-state index is -0.685. The molecule has 7 atom stereocenters. The molecule has 4 rings (SSSR count). The van der Waals surface area contributed by atoms with Crippen molar-refractivity contribution in [1.29, 1.82) is 0 Å². The van der Waals surface area contributed by atoms with E-state index in [1.807, 2.05) is 0 Å². The molecule has 7 heteroatoms. The van der Waals surface area contributed by atoms with E-state index in [2.05, 4.69) is 19.0 Å². The molecule has 6 nitrogen and oxygen atoms in total. The molecule has 0 bridgehead atoms. The number of carboxylic acids is 1. The van der Waals surface area contributed by atoms with Crippen LogP contribution in [0.4, 0.5) is 0 Å². The molecule has 4 aliphatic rings. The lowest BCUT2D eigenvalue weighted by atomic mass is 9.43. The van der Waals surface area contributed by atoms with Crippen LogP contribution in [0, 0.1) is 40.4 Å². The van der Waals surface area contributed by atoms with Gasteiger partial charge in [-0.3, -0.25) is 9.59 Å². The highest BCUT2D eigenvalue weighted by Gasteiger charge is 2.63. The summed E-state index contributed by atoms with van der Waals surface area (Å²) in [6.45, 7) is 5.29. The lowest BCUT2D eigenvalue weighted by Gasteiger charge is -2.61. The van der Waals surface area contributed by atoms with Crippen molar-refractivity contribution in [2.24, 2.45) is 51.3 Å². The monoisotopic (exact) mass is 426 g/mol. The van der Waals surface area contributed by atoms with E-state index >= 15 is 0 Å². The summed E-state index contributed by atoms with van der Waals surface area (Å²) >= 11 is 0. The molecule has 0 heterocycles. The van der Waals surface area contributed by atoms with E-state index < -0.39 is 5.97 Å². The third-order valence-electron chi connectivity index (χ3n) is 8.98. The maximum atomic E-state index is 12.6. The lowest BCUT2D eigenvalue weighted by Crippen LogP contribution is -2.57. The summed E-state index contributed by atoms with van der Waals surface area (Å²) in [6, 6.07) is 0. The van der Waals surface area contributed by atoms with Gasteiger partial charge < -0.3 is 15.7 Å². The number of halogens is 1. The number of carboxylic acid groups (broad SMARTS) is 1. The molecule has 0 aromatic carbocycles. The molecule has 0 aromatic rings. The van der Waals surface area contributed by atoms with Crippen molar-refractivity contribution >= 4 is 29.9 Å². The summed E-state index contributed by atoms with van der Waals surface area (Å²) in [4.78, 5) is 30.2. The summed E-state index contributed by atoms with van der Waals surface area (Å²) in [5.41, 5.74) is 6.25. The van der Waals surface area contributed by atoms with Crippen LogP contribution in [0.15, 0.2) is 5.16 Å². The first-order valence-electron chi connectivity index (χ1n) is 10.9. The maximum Gasteiger partial charge on any atom is 0.306 e. The molecule has 0 aromatic heterocycles. The SMILES string of the molecule is C[C@]12CC/C(=N\OCCN)C[C@@H]1[C@@H](C(=O)O)C[C@@H]1[C@@H]2CC[C@]2(C)C(=O)CC[C@@H]12.Cl. The van der Waals surface area contributed by atoms with E-state index in [1.165, 1.54) is 0 Å². The van der Waals surface area contributed by atoms with Crippen LogP contribution in [0.1, 0.15) is 65.2 Å². The average molecular weight is 427 g/mol. The fraction of sp³-hybridized carbons (Fsp3) is 0.864. The first-order valence-corrected chi connectivity index (χ1v) is 10.9. The molecule has 4 aliphatic carbocycles. The van der Waals surface area contributed by atoms with Gasteiger partial charge >= 0.3 is 5.97 Å². The van der Waals surface area contributed by atoms with E-state index in [9.17, 15) is 14.7 Å². The van der Waals surface area contributed by atoms with Gasteiger partial charge in [0.25, 0.3) is 0 Å². The number of hydrogen-bond donors (Lipinski definition) is 2. The third-order valence-corrected chi connectivity index (χ3v) is 8.98. The predicted octanol–water partition coefficient (Wildman–Crippen LogP) is 3.66. The van der Waals surface area contributed by atoms with Gasteiger partial charge in [-0.15, -0.1) is 12.4 Å². The fourth-order valence-corrected chi connectivity index (χ4v) is 7.46. The van der Waals surface area contributed by atoms with Crippen LogP contribution in [0.5, 0.6) is 0 Å². The normalized spacial score (nSPS) is 45.0. The zero-order chi connectivity index (χ0) is 20.1. The van der Waals surface area contributed by atoms with E-state index in [4.69, 9.17) is 10.6 Å². The van der Waals surface area contributed by atoms with Crippen LogP contribution in [-0.2, 0) is 14.4 Å². The number of nitrogens with two attached hydrogens (primary N) is 1. The van der Waals surface area contributed by atoms with Crippen LogP contribution < -0.4 is 5.73 Å². The number of oxime groups is 1. The number of carbonyl (C=O) groups excluding carboxylic acids is 1. The van der Waals surface area contributed by atoms with Crippen molar-refractivity contribution in [3.05, 3.63) is 0 Å². The highest BCUT2D eigenvalue weighted by Crippen LogP contribution is 2.66. The minimum absolute atomic E-state index is 0. The molecule has 4 fully saturated rings. The minimum Gasteiger partial charge on any atom is -0.481 e. The molecule has 0 amide bonds. The molecule has 0 radical (unpaired) electrons. The van der Waals surface area contributed by atoms with Crippen LogP contribution in [0.3, 0.4) is 0 Å². The second-order valence-electron chi connectivity index (χ2n) is 10.1. The van der Waals surface area contributed by atoms with Gasteiger partial charge in [-0.2, -0.15) is 0 Å². The zero-order valence-electron chi connectivity index (χ0n) is 17.6. The van der Waals surface area contributed by atoms with E-state index in [0.29, 0.717) is 56.0 Å². The van der Waals surface area contributed by atoms with Crippen molar-refractivity contribution in [2.75, 3.05) is 13.2 Å². The van der Waals surface area contributed by atoms with Gasteiger partial charge in [0.2, 0.25) is 0 Å². The second-order valence-corrected chi connectivity index (χ2v) is 10.1. The van der Waals surface area contributed by atoms with Crippen LogP contribution in [0.2, 0.25) is 0 Å². The Morgan fingerprint density at radius 2 is 1.97 bits per heavy atom. The summed E-state index contributed by atoms with van der Waals surface area (Å²) in [7, 11) is 0.